The molecule has 0 aromatic heterocycles. The number of hydrogen-bond acceptors (Lipinski definition) is 1. The third-order valence-corrected chi connectivity index (χ3v) is 3.15. The molecule has 1 nitrogen and oxygen atoms in total. The predicted molar refractivity (Wildman–Crippen MR) is 68.2 cm³/mol. The average Bonchev–Trinajstić information content (AvgIpc) is 2.17. The van der Waals surface area contributed by atoms with E-state index in [2.05, 4.69) is 19.7 Å². The molecule has 0 spiro atoms. The summed E-state index contributed by atoms with van der Waals surface area (Å²) < 4.78 is 0. The molecule has 0 aliphatic heterocycles. The molecule has 0 heterocycles. The monoisotopic (exact) mass is 228 g/mol. The van der Waals surface area contributed by atoms with Crippen molar-refractivity contribution in [2.75, 3.05) is 0 Å². The van der Waals surface area contributed by atoms with Crippen molar-refractivity contribution >= 4 is 11.6 Å². The van der Waals surface area contributed by atoms with Gasteiger partial charge in [0.1, 0.15) is 0 Å². The van der Waals surface area contributed by atoms with Crippen molar-refractivity contribution in [2.24, 2.45) is 5.92 Å². The first-order valence-corrected chi connectivity index (χ1v) is 5.65. The van der Waals surface area contributed by atoms with Gasteiger partial charge < -0.3 is 5.11 Å². The number of halogens is 1. The summed E-state index contributed by atoms with van der Waals surface area (Å²) in [6, 6.07) is 0. The fraction of sp³-hybridized carbons (Fsp3) is 0.538. The van der Waals surface area contributed by atoms with Gasteiger partial charge in [0.05, 0.1) is 11.0 Å². The van der Waals surface area contributed by atoms with E-state index in [-0.39, 0.29) is 11.3 Å². The normalized spacial score (nSPS) is 16.8. The molecular formula is C13H21ClO. The van der Waals surface area contributed by atoms with Crippen LogP contribution in [0.3, 0.4) is 0 Å². The SMILES string of the molecule is C=CCC(CC=C)C(O)(CC=C)C(C)Cl. The molecule has 0 saturated carbocycles. The Morgan fingerprint density at radius 2 is 1.67 bits per heavy atom. The van der Waals surface area contributed by atoms with Gasteiger partial charge in [-0.15, -0.1) is 31.3 Å². The third-order valence-electron chi connectivity index (χ3n) is 2.77. The molecule has 15 heavy (non-hydrogen) atoms. The Morgan fingerprint density at radius 3 is 1.93 bits per heavy atom. The molecule has 0 aromatic carbocycles. The van der Waals surface area contributed by atoms with E-state index >= 15 is 0 Å². The van der Waals surface area contributed by atoms with E-state index in [0.29, 0.717) is 6.42 Å². The molecule has 2 heteroatoms. The van der Waals surface area contributed by atoms with Crippen molar-refractivity contribution < 1.29 is 5.11 Å². The van der Waals surface area contributed by atoms with E-state index in [4.69, 9.17) is 11.6 Å². The highest BCUT2D eigenvalue weighted by Crippen LogP contribution is 2.34. The summed E-state index contributed by atoms with van der Waals surface area (Å²) in [6.07, 6.45) is 7.27. The van der Waals surface area contributed by atoms with Crippen molar-refractivity contribution in [3.8, 4) is 0 Å². The Hall–Kier alpha value is -0.530. The minimum atomic E-state index is -0.925. The average molecular weight is 229 g/mol. The smallest absolute Gasteiger partial charge is 0.0875 e. The molecule has 0 fully saturated rings. The van der Waals surface area contributed by atoms with Crippen molar-refractivity contribution in [2.45, 2.75) is 37.2 Å². The summed E-state index contributed by atoms with van der Waals surface area (Å²) in [5.74, 6) is 0.0537. The molecule has 0 aliphatic carbocycles. The first-order chi connectivity index (χ1) is 7.02. The maximum absolute atomic E-state index is 10.5. The van der Waals surface area contributed by atoms with Crippen molar-refractivity contribution in [1.29, 1.82) is 0 Å². The van der Waals surface area contributed by atoms with Gasteiger partial charge in [0, 0.05) is 0 Å². The van der Waals surface area contributed by atoms with Gasteiger partial charge in [-0.1, -0.05) is 18.2 Å². The minimum absolute atomic E-state index is 0.0537. The lowest BCUT2D eigenvalue weighted by Crippen LogP contribution is -2.44. The quantitative estimate of drug-likeness (QED) is 0.496. The Morgan fingerprint density at radius 1 is 1.20 bits per heavy atom. The summed E-state index contributed by atoms with van der Waals surface area (Å²) in [6.45, 7) is 12.9. The van der Waals surface area contributed by atoms with Crippen LogP contribution in [0.1, 0.15) is 26.2 Å². The maximum Gasteiger partial charge on any atom is 0.0875 e. The molecular weight excluding hydrogens is 208 g/mol. The van der Waals surface area contributed by atoms with Crippen molar-refractivity contribution in [1.82, 2.24) is 0 Å². The molecule has 0 bridgehead atoms. The number of alkyl halides is 1. The molecule has 0 amide bonds. The first kappa shape index (κ1) is 14.5. The number of aliphatic hydroxyl groups is 1. The van der Waals surface area contributed by atoms with Crippen LogP contribution in [0, 0.1) is 5.92 Å². The summed E-state index contributed by atoms with van der Waals surface area (Å²) >= 11 is 6.06. The van der Waals surface area contributed by atoms with Gasteiger partial charge >= 0.3 is 0 Å². The van der Waals surface area contributed by atoms with Crippen LogP contribution in [0.25, 0.3) is 0 Å². The molecule has 0 saturated heterocycles. The number of allylic oxidation sites excluding steroid dienone is 2. The minimum Gasteiger partial charge on any atom is -0.388 e. The van der Waals surface area contributed by atoms with Crippen LogP contribution in [0.15, 0.2) is 38.0 Å². The highest BCUT2D eigenvalue weighted by atomic mass is 35.5. The maximum atomic E-state index is 10.5. The van der Waals surface area contributed by atoms with E-state index in [9.17, 15) is 5.11 Å². The van der Waals surface area contributed by atoms with Gasteiger partial charge in [-0.3, -0.25) is 0 Å². The molecule has 0 rings (SSSR count). The number of hydrogen-bond donors (Lipinski definition) is 1. The van der Waals surface area contributed by atoms with E-state index in [1.54, 1.807) is 6.08 Å². The topological polar surface area (TPSA) is 20.2 Å². The van der Waals surface area contributed by atoms with E-state index in [0.717, 1.165) is 12.8 Å². The lowest BCUT2D eigenvalue weighted by Gasteiger charge is -2.37. The molecule has 1 N–H and O–H groups in total. The molecule has 2 atom stereocenters. The lowest BCUT2D eigenvalue weighted by atomic mass is 9.78. The zero-order valence-corrected chi connectivity index (χ0v) is 10.2. The summed E-state index contributed by atoms with van der Waals surface area (Å²) in [5, 5.41) is 10.2. The fourth-order valence-electron chi connectivity index (χ4n) is 1.79. The highest BCUT2D eigenvalue weighted by molar-refractivity contribution is 6.21. The van der Waals surface area contributed by atoms with Crippen molar-refractivity contribution in [3.05, 3.63) is 38.0 Å². The van der Waals surface area contributed by atoms with Gasteiger partial charge in [-0.2, -0.15) is 0 Å². The highest BCUT2D eigenvalue weighted by Gasteiger charge is 2.38. The molecule has 0 aliphatic rings. The standard InChI is InChI=1S/C13H21ClO/c1-5-8-12(9-6-2)13(15,10-7-3)11(4)14/h5-7,11-12,15H,1-3,8-10H2,4H3. The van der Waals surface area contributed by atoms with Crippen LogP contribution in [0.4, 0.5) is 0 Å². The molecule has 0 aromatic rings. The van der Waals surface area contributed by atoms with E-state index in [1.807, 2.05) is 19.1 Å². The van der Waals surface area contributed by atoms with Crippen LogP contribution in [0.5, 0.6) is 0 Å². The second-order valence-corrected chi connectivity index (χ2v) is 4.50. The van der Waals surface area contributed by atoms with Crippen LogP contribution in [0.2, 0.25) is 0 Å². The van der Waals surface area contributed by atoms with Gasteiger partial charge in [0.15, 0.2) is 0 Å². The van der Waals surface area contributed by atoms with Gasteiger partial charge in [0.25, 0.3) is 0 Å². The van der Waals surface area contributed by atoms with Crippen LogP contribution in [-0.2, 0) is 0 Å². The van der Waals surface area contributed by atoms with Gasteiger partial charge in [-0.25, -0.2) is 0 Å². The number of rotatable bonds is 8. The van der Waals surface area contributed by atoms with Crippen LogP contribution >= 0.6 is 11.6 Å². The summed E-state index contributed by atoms with van der Waals surface area (Å²) in [5.41, 5.74) is -0.925. The summed E-state index contributed by atoms with van der Waals surface area (Å²) in [4.78, 5) is 0. The Balaban J connectivity index is 4.86. The second-order valence-electron chi connectivity index (χ2n) is 3.85. The first-order valence-electron chi connectivity index (χ1n) is 5.22. The zero-order valence-electron chi connectivity index (χ0n) is 9.45. The molecule has 86 valence electrons. The fourth-order valence-corrected chi connectivity index (χ4v) is 2.06. The molecule has 2 unspecified atom stereocenters. The second kappa shape index (κ2) is 6.86. The zero-order chi connectivity index (χ0) is 11.9. The molecule has 0 radical (unpaired) electrons. The third kappa shape index (κ3) is 3.84. The van der Waals surface area contributed by atoms with Crippen LogP contribution < -0.4 is 0 Å². The van der Waals surface area contributed by atoms with Gasteiger partial charge in [-0.05, 0) is 32.1 Å². The van der Waals surface area contributed by atoms with Crippen LogP contribution in [-0.4, -0.2) is 16.1 Å². The lowest BCUT2D eigenvalue weighted by molar-refractivity contribution is -0.0141. The van der Waals surface area contributed by atoms with Gasteiger partial charge in [0.2, 0.25) is 0 Å². The Kier molecular flexibility index (Phi) is 6.62. The predicted octanol–water partition coefficient (Wildman–Crippen LogP) is 3.69. The van der Waals surface area contributed by atoms with E-state index in [1.165, 1.54) is 0 Å². The Labute approximate surface area is 98.1 Å². The largest absolute Gasteiger partial charge is 0.388 e. The Bertz CT molecular complexity index is 213. The van der Waals surface area contributed by atoms with Crippen molar-refractivity contribution in [3.63, 3.8) is 0 Å². The van der Waals surface area contributed by atoms with E-state index < -0.39 is 5.60 Å². The summed E-state index contributed by atoms with van der Waals surface area (Å²) in [7, 11) is 0.